The van der Waals surface area contributed by atoms with Crippen LogP contribution in [0.2, 0.25) is 0 Å². The van der Waals surface area contributed by atoms with E-state index in [1.54, 1.807) is 0 Å². The van der Waals surface area contributed by atoms with Gasteiger partial charge in [0, 0.05) is 12.2 Å². The van der Waals surface area contributed by atoms with Crippen LogP contribution >= 0.6 is 0 Å². The van der Waals surface area contributed by atoms with Crippen LogP contribution in [0.5, 0.6) is 0 Å². The van der Waals surface area contributed by atoms with E-state index in [1.807, 2.05) is 6.07 Å². The van der Waals surface area contributed by atoms with Crippen LogP contribution < -0.4 is 5.32 Å². The maximum Gasteiger partial charge on any atom is 0.322 e. The molecule has 3 nitrogen and oxygen atoms in total. The molecule has 29 heavy (non-hydrogen) atoms. The first-order valence-electron chi connectivity index (χ1n) is 11.3. The molecule has 1 unspecified atom stereocenters. The normalized spacial score (nSPS) is 15.7. The molecule has 0 radical (unpaired) electrons. The Bertz CT molecular complexity index is 781. The maximum atomic E-state index is 13.5. The van der Waals surface area contributed by atoms with Crippen molar-refractivity contribution in [3.05, 3.63) is 65.2 Å². The lowest BCUT2D eigenvalue weighted by Crippen LogP contribution is -2.42. The van der Waals surface area contributed by atoms with Crippen molar-refractivity contribution in [1.29, 1.82) is 0 Å². The standard InChI is InChI=1S/C26H36N2O/c1-4-5-18-28(26(29)27-24-17-16-20(2)19-21(24)3)25(22-12-8-6-9-13-22)23-14-10-7-11-15-23/h6,8-9,12-13,16-17,19,23,25H,4-5,7,10-11,14-15,18H2,1-3H3,(H,27,29). The number of aryl methyl sites for hydroxylation is 2. The van der Waals surface area contributed by atoms with Crippen molar-refractivity contribution in [1.82, 2.24) is 4.90 Å². The minimum Gasteiger partial charge on any atom is -0.317 e. The van der Waals surface area contributed by atoms with Gasteiger partial charge in [-0.3, -0.25) is 0 Å². The molecule has 1 aliphatic rings. The molecular weight excluding hydrogens is 356 g/mol. The molecule has 0 bridgehead atoms. The van der Waals surface area contributed by atoms with E-state index in [1.165, 1.54) is 43.2 Å². The first kappa shape index (κ1) is 21.4. The lowest BCUT2D eigenvalue weighted by atomic mass is 9.80. The molecule has 0 aliphatic heterocycles. The average Bonchev–Trinajstić information content (AvgIpc) is 2.74. The highest BCUT2D eigenvalue weighted by molar-refractivity contribution is 5.90. The fourth-order valence-corrected chi connectivity index (χ4v) is 4.64. The quantitative estimate of drug-likeness (QED) is 0.528. The predicted molar refractivity (Wildman–Crippen MR) is 122 cm³/mol. The summed E-state index contributed by atoms with van der Waals surface area (Å²) in [5.74, 6) is 0.535. The highest BCUT2D eigenvalue weighted by Gasteiger charge is 2.32. The summed E-state index contributed by atoms with van der Waals surface area (Å²) in [7, 11) is 0. The lowest BCUT2D eigenvalue weighted by Gasteiger charge is -2.39. The number of amides is 2. The van der Waals surface area contributed by atoms with Crippen molar-refractivity contribution >= 4 is 11.7 Å². The number of nitrogens with one attached hydrogen (secondary N) is 1. The average molecular weight is 393 g/mol. The van der Waals surface area contributed by atoms with Crippen LogP contribution in [0.4, 0.5) is 10.5 Å². The Morgan fingerprint density at radius 1 is 1.07 bits per heavy atom. The zero-order chi connectivity index (χ0) is 20.6. The van der Waals surface area contributed by atoms with Gasteiger partial charge in [-0.15, -0.1) is 0 Å². The second-order valence-electron chi connectivity index (χ2n) is 8.55. The van der Waals surface area contributed by atoms with Gasteiger partial charge >= 0.3 is 6.03 Å². The van der Waals surface area contributed by atoms with Crippen LogP contribution in [0.15, 0.2) is 48.5 Å². The van der Waals surface area contributed by atoms with E-state index >= 15 is 0 Å². The zero-order valence-electron chi connectivity index (χ0n) is 18.3. The molecule has 1 fully saturated rings. The summed E-state index contributed by atoms with van der Waals surface area (Å²) in [6.07, 6.45) is 8.39. The third-order valence-electron chi connectivity index (χ3n) is 6.21. The van der Waals surface area contributed by atoms with Gasteiger partial charge < -0.3 is 10.2 Å². The summed E-state index contributed by atoms with van der Waals surface area (Å²) in [4.78, 5) is 15.6. The maximum absolute atomic E-state index is 13.5. The molecule has 2 aromatic rings. The summed E-state index contributed by atoms with van der Waals surface area (Å²) < 4.78 is 0. The number of urea groups is 1. The SMILES string of the molecule is CCCCN(C(=O)Nc1ccc(C)cc1C)C(c1ccccc1)C1CCCCC1. The Hall–Kier alpha value is -2.29. The predicted octanol–water partition coefficient (Wildman–Crippen LogP) is 7.26. The summed E-state index contributed by atoms with van der Waals surface area (Å²) in [5.41, 5.74) is 4.51. The van der Waals surface area contributed by atoms with E-state index < -0.39 is 0 Å². The van der Waals surface area contributed by atoms with Crippen molar-refractivity contribution in [2.45, 2.75) is 71.8 Å². The van der Waals surface area contributed by atoms with Crippen molar-refractivity contribution in [2.75, 3.05) is 11.9 Å². The molecule has 1 saturated carbocycles. The van der Waals surface area contributed by atoms with Crippen molar-refractivity contribution in [2.24, 2.45) is 5.92 Å². The molecular formula is C26H36N2O. The van der Waals surface area contributed by atoms with Gasteiger partial charge in [0.15, 0.2) is 0 Å². The number of benzene rings is 2. The third kappa shape index (κ3) is 5.62. The molecule has 156 valence electrons. The number of anilines is 1. The fraction of sp³-hybridized carbons (Fsp3) is 0.500. The second-order valence-corrected chi connectivity index (χ2v) is 8.55. The Balaban J connectivity index is 1.90. The number of unbranched alkanes of at least 4 members (excludes halogenated alkanes) is 1. The highest BCUT2D eigenvalue weighted by atomic mass is 16.2. The van der Waals surface area contributed by atoms with Gasteiger partial charge in [-0.1, -0.05) is 80.6 Å². The molecule has 2 aromatic carbocycles. The molecule has 0 saturated heterocycles. The van der Waals surface area contributed by atoms with Gasteiger partial charge in [0.05, 0.1) is 6.04 Å². The van der Waals surface area contributed by atoms with Gasteiger partial charge in [-0.2, -0.15) is 0 Å². The molecule has 1 aliphatic carbocycles. The van der Waals surface area contributed by atoms with Gasteiger partial charge in [0.2, 0.25) is 0 Å². The minimum atomic E-state index is 0.0322. The molecule has 3 rings (SSSR count). The minimum absolute atomic E-state index is 0.0322. The van der Waals surface area contributed by atoms with E-state index in [-0.39, 0.29) is 12.1 Å². The van der Waals surface area contributed by atoms with Gasteiger partial charge in [0.25, 0.3) is 0 Å². The summed E-state index contributed by atoms with van der Waals surface area (Å²) in [5, 5.41) is 3.22. The highest BCUT2D eigenvalue weighted by Crippen LogP contribution is 2.39. The molecule has 0 heterocycles. The van der Waals surface area contributed by atoms with E-state index in [4.69, 9.17) is 0 Å². The van der Waals surface area contributed by atoms with Crippen LogP contribution in [0, 0.1) is 19.8 Å². The van der Waals surface area contributed by atoms with E-state index in [2.05, 4.69) is 73.5 Å². The number of carbonyl (C=O) groups excluding carboxylic acids is 1. The van der Waals surface area contributed by atoms with Crippen molar-refractivity contribution < 1.29 is 4.79 Å². The summed E-state index contributed by atoms with van der Waals surface area (Å²) >= 11 is 0. The Labute approximate surface area is 176 Å². The number of hydrogen-bond donors (Lipinski definition) is 1. The smallest absolute Gasteiger partial charge is 0.317 e. The first-order valence-corrected chi connectivity index (χ1v) is 11.3. The number of nitrogens with zero attached hydrogens (tertiary/aromatic N) is 1. The van der Waals surface area contributed by atoms with E-state index in [9.17, 15) is 4.79 Å². The summed E-state index contributed by atoms with van der Waals surface area (Å²) in [6, 6.07) is 17.1. The number of carbonyl (C=O) groups is 1. The second kappa shape index (κ2) is 10.5. The van der Waals surface area contributed by atoms with Gasteiger partial charge in [-0.25, -0.2) is 4.79 Å². The number of rotatable bonds is 7. The molecule has 3 heteroatoms. The van der Waals surface area contributed by atoms with Gasteiger partial charge in [0.1, 0.15) is 0 Å². The summed E-state index contributed by atoms with van der Waals surface area (Å²) in [6.45, 7) is 7.14. The van der Waals surface area contributed by atoms with Crippen LogP contribution in [0.1, 0.15) is 74.6 Å². The molecule has 1 atom stereocenters. The van der Waals surface area contributed by atoms with Crippen molar-refractivity contribution in [3.63, 3.8) is 0 Å². The topological polar surface area (TPSA) is 32.3 Å². The molecule has 0 spiro atoms. The molecule has 0 aromatic heterocycles. The zero-order valence-corrected chi connectivity index (χ0v) is 18.3. The monoisotopic (exact) mass is 392 g/mol. The largest absolute Gasteiger partial charge is 0.322 e. The lowest BCUT2D eigenvalue weighted by molar-refractivity contribution is 0.137. The van der Waals surface area contributed by atoms with E-state index in [0.29, 0.717) is 5.92 Å². The molecule has 2 amide bonds. The van der Waals surface area contributed by atoms with E-state index in [0.717, 1.165) is 30.6 Å². The number of hydrogen-bond acceptors (Lipinski definition) is 1. The first-order chi connectivity index (χ1) is 14.1. The molecule has 1 N–H and O–H groups in total. The Kier molecular flexibility index (Phi) is 7.74. The van der Waals surface area contributed by atoms with Crippen LogP contribution in [0.25, 0.3) is 0 Å². The van der Waals surface area contributed by atoms with Crippen molar-refractivity contribution in [3.8, 4) is 0 Å². The van der Waals surface area contributed by atoms with Crippen LogP contribution in [0.3, 0.4) is 0 Å². The fourth-order valence-electron chi connectivity index (χ4n) is 4.64. The van der Waals surface area contributed by atoms with Gasteiger partial charge in [-0.05, 0) is 56.2 Å². The third-order valence-corrected chi connectivity index (χ3v) is 6.21. The Morgan fingerprint density at radius 2 is 1.79 bits per heavy atom. The van der Waals surface area contributed by atoms with Crippen LogP contribution in [-0.4, -0.2) is 17.5 Å². The van der Waals surface area contributed by atoms with Crippen LogP contribution in [-0.2, 0) is 0 Å². The Morgan fingerprint density at radius 3 is 2.45 bits per heavy atom.